The molecule has 1 N–H and O–H groups in total. The first-order valence-electron chi connectivity index (χ1n) is 8.42. The lowest BCUT2D eigenvalue weighted by atomic mass is 10.2. The third-order valence-corrected chi connectivity index (χ3v) is 5.87. The van der Waals surface area contributed by atoms with E-state index >= 15 is 0 Å². The number of amides is 1. The van der Waals surface area contributed by atoms with Crippen molar-refractivity contribution in [2.24, 2.45) is 0 Å². The number of halogens is 1. The average Bonchev–Trinajstić information content (AvgIpc) is 2.56. The normalized spacial score (nSPS) is 11.2. The molecule has 2 rings (SSSR count). The Morgan fingerprint density at radius 1 is 1.08 bits per heavy atom. The maximum Gasteiger partial charge on any atom is 0.239 e. The van der Waals surface area contributed by atoms with Crippen LogP contribution in [0.5, 0.6) is 0 Å². The van der Waals surface area contributed by atoms with Gasteiger partial charge in [0.1, 0.15) is 5.75 Å². The summed E-state index contributed by atoms with van der Waals surface area (Å²) >= 11 is 3.31. The summed E-state index contributed by atoms with van der Waals surface area (Å²) in [6.07, 6.45) is 0. The van der Waals surface area contributed by atoms with Gasteiger partial charge in [0.2, 0.25) is 5.91 Å². The molecule has 26 heavy (non-hydrogen) atoms. The highest BCUT2D eigenvalue weighted by Gasteiger charge is 2.18. The summed E-state index contributed by atoms with van der Waals surface area (Å²) in [7, 11) is -3.54. The molecule has 2 aromatic carbocycles. The van der Waals surface area contributed by atoms with Crippen LogP contribution in [0.25, 0.3) is 0 Å². The third kappa shape index (κ3) is 6.14. The van der Waals surface area contributed by atoms with Crippen molar-refractivity contribution in [3.63, 3.8) is 0 Å². The van der Waals surface area contributed by atoms with Gasteiger partial charge in [0.15, 0.2) is 9.84 Å². The van der Waals surface area contributed by atoms with E-state index in [2.05, 4.69) is 40.0 Å². The fourth-order valence-corrected chi connectivity index (χ4v) is 4.38. The van der Waals surface area contributed by atoms with Crippen molar-refractivity contribution >= 4 is 43.0 Å². The Morgan fingerprint density at radius 3 is 2.31 bits per heavy atom. The van der Waals surface area contributed by atoms with Crippen molar-refractivity contribution in [1.29, 1.82) is 0 Å². The molecule has 1 amide bonds. The summed E-state index contributed by atoms with van der Waals surface area (Å²) in [6, 6.07) is 14.5. The van der Waals surface area contributed by atoms with Gasteiger partial charge in [-0.15, -0.1) is 0 Å². The number of anilines is 2. The maximum atomic E-state index is 12.3. The molecule has 0 aromatic heterocycles. The molecular weight excluding hydrogens is 416 g/mol. The topological polar surface area (TPSA) is 66.5 Å². The van der Waals surface area contributed by atoms with Crippen molar-refractivity contribution in [2.75, 3.05) is 29.1 Å². The first kappa shape index (κ1) is 20.5. The van der Waals surface area contributed by atoms with Crippen LogP contribution in [0.4, 0.5) is 11.4 Å². The van der Waals surface area contributed by atoms with Crippen LogP contribution in [0.2, 0.25) is 0 Å². The third-order valence-electron chi connectivity index (χ3n) is 3.91. The van der Waals surface area contributed by atoms with Crippen LogP contribution in [-0.2, 0) is 20.4 Å². The van der Waals surface area contributed by atoms with Crippen molar-refractivity contribution in [3.8, 4) is 0 Å². The molecule has 7 heteroatoms. The molecule has 140 valence electrons. The summed E-state index contributed by atoms with van der Waals surface area (Å²) in [4.78, 5) is 14.3. The molecule has 0 aliphatic rings. The molecule has 0 aliphatic carbocycles. The number of nitrogens with zero attached hydrogens (tertiary/aromatic N) is 1. The number of benzene rings is 2. The Labute approximate surface area is 163 Å². The average molecular weight is 439 g/mol. The zero-order chi connectivity index (χ0) is 19.2. The van der Waals surface area contributed by atoms with Gasteiger partial charge in [-0.25, -0.2) is 8.42 Å². The fourth-order valence-electron chi connectivity index (χ4n) is 2.67. The second kappa shape index (κ2) is 9.19. The van der Waals surface area contributed by atoms with Crippen LogP contribution < -0.4 is 10.2 Å². The molecule has 0 aliphatic heterocycles. The maximum absolute atomic E-state index is 12.3. The van der Waals surface area contributed by atoms with Gasteiger partial charge in [0.05, 0.1) is 5.75 Å². The summed E-state index contributed by atoms with van der Waals surface area (Å²) in [5.74, 6) is -1.24. The first-order valence-corrected chi connectivity index (χ1v) is 11.0. The van der Waals surface area contributed by atoms with Gasteiger partial charge in [-0.2, -0.15) is 0 Å². The SMILES string of the molecule is CCN(CC)c1ccc(NC(=O)CS(=O)(=O)Cc2cccc(Br)c2)cc1. The van der Waals surface area contributed by atoms with E-state index in [9.17, 15) is 13.2 Å². The Bertz CT molecular complexity index is 847. The highest BCUT2D eigenvalue weighted by molar-refractivity contribution is 9.10. The number of hydrogen-bond acceptors (Lipinski definition) is 4. The quantitative estimate of drug-likeness (QED) is 0.679. The van der Waals surface area contributed by atoms with Gasteiger partial charge >= 0.3 is 0 Å². The number of carbonyl (C=O) groups excluding carboxylic acids is 1. The Morgan fingerprint density at radius 2 is 1.73 bits per heavy atom. The lowest BCUT2D eigenvalue weighted by molar-refractivity contribution is -0.113. The van der Waals surface area contributed by atoms with Crippen molar-refractivity contribution < 1.29 is 13.2 Å². The van der Waals surface area contributed by atoms with E-state index in [0.29, 0.717) is 11.3 Å². The van der Waals surface area contributed by atoms with Crippen LogP contribution in [0, 0.1) is 0 Å². The van der Waals surface area contributed by atoms with Gasteiger partial charge < -0.3 is 10.2 Å². The zero-order valence-electron chi connectivity index (χ0n) is 14.9. The Kier molecular flexibility index (Phi) is 7.23. The molecule has 0 heterocycles. The molecule has 2 aromatic rings. The second-order valence-corrected chi connectivity index (χ2v) is 8.91. The number of carbonyl (C=O) groups is 1. The number of rotatable bonds is 8. The van der Waals surface area contributed by atoms with Crippen LogP contribution in [0.15, 0.2) is 53.0 Å². The molecule has 0 spiro atoms. The molecule has 0 radical (unpaired) electrons. The van der Waals surface area contributed by atoms with Crippen molar-refractivity contribution in [3.05, 3.63) is 58.6 Å². The number of hydrogen-bond donors (Lipinski definition) is 1. The zero-order valence-corrected chi connectivity index (χ0v) is 17.3. The summed E-state index contributed by atoms with van der Waals surface area (Å²) in [6.45, 7) is 5.96. The summed E-state index contributed by atoms with van der Waals surface area (Å²) < 4.78 is 25.3. The minimum atomic E-state index is -3.54. The van der Waals surface area contributed by atoms with E-state index in [1.54, 1.807) is 30.3 Å². The summed E-state index contributed by atoms with van der Waals surface area (Å²) in [5.41, 5.74) is 2.30. The lowest BCUT2D eigenvalue weighted by Crippen LogP contribution is -2.24. The number of sulfone groups is 1. The monoisotopic (exact) mass is 438 g/mol. The molecule has 0 fully saturated rings. The van der Waals surface area contributed by atoms with Crippen molar-refractivity contribution in [2.45, 2.75) is 19.6 Å². The van der Waals surface area contributed by atoms with E-state index in [4.69, 9.17) is 0 Å². The van der Waals surface area contributed by atoms with E-state index in [1.165, 1.54) is 0 Å². The molecule has 5 nitrogen and oxygen atoms in total. The number of nitrogens with one attached hydrogen (secondary N) is 1. The Hall–Kier alpha value is -1.86. The Balaban J connectivity index is 1.97. The van der Waals surface area contributed by atoms with Crippen LogP contribution in [0.1, 0.15) is 19.4 Å². The highest BCUT2D eigenvalue weighted by atomic mass is 79.9. The van der Waals surface area contributed by atoms with Gasteiger partial charge in [0, 0.05) is 28.9 Å². The van der Waals surface area contributed by atoms with E-state index in [1.807, 2.05) is 18.2 Å². The van der Waals surface area contributed by atoms with Gasteiger partial charge in [-0.3, -0.25) is 4.79 Å². The van der Waals surface area contributed by atoms with E-state index in [0.717, 1.165) is 23.2 Å². The van der Waals surface area contributed by atoms with Crippen LogP contribution >= 0.6 is 15.9 Å². The largest absolute Gasteiger partial charge is 0.372 e. The molecule has 0 bridgehead atoms. The predicted octanol–water partition coefficient (Wildman–Crippen LogP) is 3.85. The fraction of sp³-hybridized carbons (Fsp3) is 0.316. The molecule has 0 unspecified atom stereocenters. The van der Waals surface area contributed by atoms with Crippen LogP contribution in [-0.4, -0.2) is 33.2 Å². The molecule has 0 saturated heterocycles. The highest BCUT2D eigenvalue weighted by Crippen LogP contribution is 2.18. The van der Waals surface area contributed by atoms with E-state index < -0.39 is 21.5 Å². The molecule has 0 saturated carbocycles. The van der Waals surface area contributed by atoms with Crippen molar-refractivity contribution in [1.82, 2.24) is 0 Å². The van der Waals surface area contributed by atoms with E-state index in [-0.39, 0.29) is 5.75 Å². The van der Waals surface area contributed by atoms with Gasteiger partial charge in [-0.1, -0.05) is 28.1 Å². The minimum Gasteiger partial charge on any atom is -0.372 e. The van der Waals surface area contributed by atoms with Gasteiger partial charge in [-0.05, 0) is 55.8 Å². The molecular formula is C19H23BrN2O3S. The van der Waals surface area contributed by atoms with Crippen LogP contribution in [0.3, 0.4) is 0 Å². The first-order chi connectivity index (χ1) is 12.3. The smallest absolute Gasteiger partial charge is 0.239 e. The van der Waals surface area contributed by atoms with Gasteiger partial charge in [0.25, 0.3) is 0 Å². The predicted molar refractivity (Wildman–Crippen MR) is 110 cm³/mol. The molecule has 0 atom stereocenters. The summed E-state index contributed by atoms with van der Waals surface area (Å²) in [5, 5.41) is 2.65. The standard InChI is InChI=1S/C19H23BrN2O3S/c1-3-22(4-2)18-10-8-17(9-11-18)21-19(23)14-26(24,25)13-15-6-5-7-16(20)12-15/h5-12H,3-4,13-14H2,1-2H3,(H,21,23). The second-order valence-electron chi connectivity index (χ2n) is 5.93. The lowest BCUT2D eigenvalue weighted by Gasteiger charge is -2.21. The minimum absolute atomic E-state index is 0.166.